The summed E-state index contributed by atoms with van der Waals surface area (Å²) in [5.41, 5.74) is 8.41. The van der Waals surface area contributed by atoms with Gasteiger partial charge in [-0.05, 0) is 32.9 Å². The third-order valence-corrected chi connectivity index (χ3v) is 3.83. The Bertz CT molecular complexity index is 814. The molecule has 26 heavy (non-hydrogen) atoms. The van der Waals surface area contributed by atoms with E-state index in [-0.39, 0.29) is 6.04 Å². The summed E-state index contributed by atoms with van der Waals surface area (Å²) in [5.74, 6) is 0.886. The predicted molar refractivity (Wildman–Crippen MR) is 106 cm³/mol. The molecule has 7 nitrogen and oxygen atoms in total. The molecule has 0 saturated heterocycles. The number of pyridine rings is 1. The summed E-state index contributed by atoms with van der Waals surface area (Å²) in [6.07, 6.45) is 1.72. The van der Waals surface area contributed by atoms with Crippen LogP contribution >= 0.6 is 0 Å². The summed E-state index contributed by atoms with van der Waals surface area (Å²) in [6, 6.07) is 13.7. The number of aromatic nitrogens is 1. The lowest BCUT2D eigenvalue weighted by Crippen LogP contribution is -2.61. The molecular formula is C19H25N7. The second-order valence-electron chi connectivity index (χ2n) is 6.37. The van der Waals surface area contributed by atoms with Gasteiger partial charge in [0.05, 0.1) is 0 Å². The summed E-state index contributed by atoms with van der Waals surface area (Å²) in [7, 11) is 0. The van der Waals surface area contributed by atoms with Crippen LogP contribution in [0.1, 0.15) is 31.9 Å². The van der Waals surface area contributed by atoms with Gasteiger partial charge in [0.1, 0.15) is 11.7 Å². The fraction of sp³-hybridized carbons (Fsp3) is 0.316. The lowest BCUT2D eigenvalue weighted by atomic mass is 10.1. The van der Waals surface area contributed by atoms with Crippen molar-refractivity contribution in [2.75, 3.05) is 11.9 Å². The van der Waals surface area contributed by atoms with Gasteiger partial charge in [-0.3, -0.25) is 10.7 Å². The van der Waals surface area contributed by atoms with Crippen LogP contribution in [0, 0.1) is 0 Å². The largest absolute Gasteiger partial charge is 0.370 e. The number of nitrogens with one attached hydrogen (secondary N) is 3. The SMILES string of the molecule is CCNc1cc(C2(N)N=C(c3ccccc3)NC(=NC(C)C)N2)ccn1. The molecule has 0 amide bonds. The number of rotatable bonds is 5. The van der Waals surface area contributed by atoms with Crippen LogP contribution in [0.4, 0.5) is 5.82 Å². The van der Waals surface area contributed by atoms with Gasteiger partial charge < -0.3 is 16.0 Å². The Hall–Kier alpha value is -2.93. The second kappa shape index (κ2) is 7.53. The van der Waals surface area contributed by atoms with E-state index in [0.29, 0.717) is 11.8 Å². The van der Waals surface area contributed by atoms with Crippen molar-refractivity contribution in [1.29, 1.82) is 0 Å². The zero-order valence-corrected chi connectivity index (χ0v) is 15.3. The zero-order chi connectivity index (χ0) is 18.6. The van der Waals surface area contributed by atoms with Gasteiger partial charge in [-0.15, -0.1) is 0 Å². The quantitative estimate of drug-likeness (QED) is 0.660. The van der Waals surface area contributed by atoms with Crippen LogP contribution in [0.5, 0.6) is 0 Å². The maximum atomic E-state index is 6.66. The lowest BCUT2D eigenvalue weighted by Gasteiger charge is -2.34. The minimum Gasteiger partial charge on any atom is -0.370 e. The highest BCUT2D eigenvalue weighted by Crippen LogP contribution is 2.22. The molecule has 0 radical (unpaired) electrons. The first kappa shape index (κ1) is 17.9. The molecule has 136 valence electrons. The van der Waals surface area contributed by atoms with Crippen LogP contribution < -0.4 is 21.7 Å². The molecule has 0 saturated carbocycles. The average Bonchev–Trinajstić information content (AvgIpc) is 2.62. The van der Waals surface area contributed by atoms with Gasteiger partial charge in [0.2, 0.25) is 5.79 Å². The van der Waals surface area contributed by atoms with Crippen molar-refractivity contribution >= 4 is 17.6 Å². The number of aliphatic imine (C=N–C) groups is 2. The van der Waals surface area contributed by atoms with Crippen molar-refractivity contribution in [3.05, 3.63) is 59.8 Å². The second-order valence-corrected chi connectivity index (χ2v) is 6.37. The lowest BCUT2D eigenvalue weighted by molar-refractivity contribution is 0.416. The molecule has 0 fully saturated rings. The van der Waals surface area contributed by atoms with E-state index in [1.54, 1.807) is 6.20 Å². The maximum Gasteiger partial charge on any atom is 0.213 e. The monoisotopic (exact) mass is 351 g/mol. The van der Waals surface area contributed by atoms with Crippen LogP contribution in [-0.2, 0) is 5.79 Å². The Morgan fingerprint density at radius 2 is 2.00 bits per heavy atom. The topological polar surface area (TPSA) is 99.7 Å². The van der Waals surface area contributed by atoms with Gasteiger partial charge in [-0.25, -0.2) is 9.98 Å². The highest BCUT2D eigenvalue weighted by atomic mass is 15.4. The molecule has 1 atom stereocenters. The molecule has 1 unspecified atom stereocenters. The van der Waals surface area contributed by atoms with E-state index >= 15 is 0 Å². The molecule has 3 rings (SSSR count). The Balaban J connectivity index is 2.06. The van der Waals surface area contributed by atoms with Crippen LogP contribution in [0.3, 0.4) is 0 Å². The molecule has 7 heteroatoms. The number of nitrogens with zero attached hydrogens (tertiary/aromatic N) is 3. The Morgan fingerprint density at radius 1 is 1.23 bits per heavy atom. The standard InChI is InChI=1S/C19H25N7/c1-4-21-16-12-15(10-11-22-16)19(20)25-17(14-8-6-5-7-9-14)24-18(26-19)23-13(2)3/h5-13H,4,20H2,1-3H3,(H,21,22)(H2,23,24,25,26). The molecule has 0 aliphatic carbocycles. The summed E-state index contributed by atoms with van der Waals surface area (Å²) in [5, 5.41) is 9.67. The number of hydrogen-bond acceptors (Lipinski definition) is 5. The van der Waals surface area contributed by atoms with E-state index in [9.17, 15) is 0 Å². The van der Waals surface area contributed by atoms with Crippen molar-refractivity contribution in [2.24, 2.45) is 15.7 Å². The van der Waals surface area contributed by atoms with Gasteiger partial charge in [0.25, 0.3) is 0 Å². The van der Waals surface area contributed by atoms with E-state index < -0.39 is 5.79 Å². The molecule has 0 bridgehead atoms. The number of hydrogen-bond donors (Lipinski definition) is 4. The highest BCUT2D eigenvalue weighted by Gasteiger charge is 2.33. The number of nitrogens with two attached hydrogens (primary N) is 1. The molecule has 1 aromatic carbocycles. The van der Waals surface area contributed by atoms with E-state index in [2.05, 4.69) is 25.9 Å². The smallest absolute Gasteiger partial charge is 0.213 e. The molecule has 2 heterocycles. The number of guanidine groups is 1. The first-order valence-electron chi connectivity index (χ1n) is 8.77. The first-order valence-corrected chi connectivity index (χ1v) is 8.77. The Labute approximate surface area is 153 Å². The van der Waals surface area contributed by atoms with E-state index in [1.165, 1.54) is 0 Å². The van der Waals surface area contributed by atoms with Crippen molar-refractivity contribution in [2.45, 2.75) is 32.6 Å². The fourth-order valence-electron chi connectivity index (χ4n) is 2.69. The number of benzene rings is 1. The van der Waals surface area contributed by atoms with Crippen molar-refractivity contribution in [3.8, 4) is 0 Å². The number of amidine groups is 1. The van der Waals surface area contributed by atoms with Crippen LogP contribution in [0.25, 0.3) is 0 Å². The van der Waals surface area contributed by atoms with E-state index in [1.807, 2.05) is 63.2 Å². The molecule has 2 aromatic rings. The van der Waals surface area contributed by atoms with Gasteiger partial charge in [0.15, 0.2) is 5.96 Å². The van der Waals surface area contributed by atoms with Crippen LogP contribution in [0.15, 0.2) is 58.6 Å². The Morgan fingerprint density at radius 3 is 2.69 bits per heavy atom. The van der Waals surface area contributed by atoms with Crippen LogP contribution in [-0.4, -0.2) is 29.4 Å². The van der Waals surface area contributed by atoms with Gasteiger partial charge in [-0.1, -0.05) is 30.3 Å². The predicted octanol–water partition coefficient (Wildman–Crippen LogP) is 1.99. The third kappa shape index (κ3) is 4.00. The van der Waals surface area contributed by atoms with Crippen molar-refractivity contribution in [1.82, 2.24) is 15.6 Å². The summed E-state index contributed by atoms with van der Waals surface area (Å²) < 4.78 is 0. The minimum absolute atomic E-state index is 0.110. The van der Waals surface area contributed by atoms with Gasteiger partial charge in [-0.2, -0.15) is 0 Å². The molecule has 5 N–H and O–H groups in total. The molecule has 0 spiro atoms. The van der Waals surface area contributed by atoms with E-state index in [4.69, 9.17) is 10.7 Å². The molecule has 1 aliphatic rings. The van der Waals surface area contributed by atoms with Crippen molar-refractivity contribution in [3.63, 3.8) is 0 Å². The summed E-state index contributed by atoms with van der Waals surface area (Å²) >= 11 is 0. The maximum absolute atomic E-state index is 6.66. The average molecular weight is 351 g/mol. The summed E-state index contributed by atoms with van der Waals surface area (Å²) in [6.45, 7) is 6.83. The zero-order valence-electron chi connectivity index (χ0n) is 15.3. The third-order valence-electron chi connectivity index (χ3n) is 3.83. The van der Waals surface area contributed by atoms with Crippen molar-refractivity contribution < 1.29 is 0 Å². The fourth-order valence-corrected chi connectivity index (χ4v) is 2.69. The normalized spacial score (nSPS) is 21.1. The minimum atomic E-state index is -1.14. The van der Waals surface area contributed by atoms with E-state index in [0.717, 1.165) is 23.5 Å². The first-order chi connectivity index (χ1) is 12.5. The number of anilines is 1. The highest BCUT2D eigenvalue weighted by molar-refractivity contribution is 6.10. The summed E-state index contributed by atoms with van der Waals surface area (Å²) in [4.78, 5) is 13.7. The Kier molecular flexibility index (Phi) is 5.18. The van der Waals surface area contributed by atoms with Gasteiger partial charge >= 0.3 is 0 Å². The molecule has 1 aliphatic heterocycles. The molecule has 1 aromatic heterocycles. The van der Waals surface area contributed by atoms with Gasteiger partial charge in [0, 0.05) is 29.9 Å². The molecular weight excluding hydrogens is 326 g/mol. The van der Waals surface area contributed by atoms with Crippen LogP contribution in [0.2, 0.25) is 0 Å².